The van der Waals surface area contributed by atoms with Gasteiger partial charge in [0.1, 0.15) is 12.1 Å². The Balaban J connectivity index is 1.29. The maximum atomic E-state index is 12.6. The number of nitrogens with one attached hydrogen (secondary N) is 2. The average Bonchev–Trinajstić information content (AvgIpc) is 3.06. The van der Waals surface area contributed by atoms with Crippen molar-refractivity contribution in [1.29, 1.82) is 5.26 Å². The number of hydrogen-bond donors (Lipinski definition) is 2. The van der Waals surface area contributed by atoms with Gasteiger partial charge < -0.3 is 20.1 Å². The van der Waals surface area contributed by atoms with Crippen molar-refractivity contribution in [2.24, 2.45) is 0 Å². The number of carbonyl (C=O) groups excluding carboxylic acids is 1. The lowest BCUT2D eigenvalue weighted by atomic mass is 9.81. The Bertz CT molecular complexity index is 926. The molecule has 2 atom stereocenters. The van der Waals surface area contributed by atoms with E-state index in [1.54, 1.807) is 0 Å². The fourth-order valence-electron chi connectivity index (χ4n) is 4.99. The number of benzene rings is 2. The standard InChI is InChI=1S/C23H23N3O3/c24-14-23(9-15-11-28-12-16(10-23)25-15)26-22(27)29-13-21-19-7-3-1-5-17(19)18-6-2-4-8-20(18)21/h1-8,15-16,21,25H,9-13H2,(H,26,27). The van der Waals surface area contributed by atoms with Gasteiger partial charge in [-0.3, -0.25) is 0 Å². The molecule has 5 rings (SSSR count). The van der Waals surface area contributed by atoms with Gasteiger partial charge in [0.25, 0.3) is 0 Å². The number of hydrogen-bond acceptors (Lipinski definition) is 5. The maximum absolute atomic E-state index is 12.6. The first-order valence-corrected chi connectivity index (χ1v) is 10.1. The van der Waals surface area contributed by atoms with E-state index >= 15 is 0 Å². The second-order valence-electron chi connectivity index (χ2n) is 8.15. The molecule has 6 nitrogen and oxygen atoms in total. The van der Waals surface area contributed by atoms with Gasteiger partial charge in [0.2, 0.25) is 0 Å². The minimum atomic E-state index is -0.910. The Kier molecular flexibility index (Phi) is 4.50. The zero-order chi connectivity index (χ0) is 19.8. The summed E-state index contributed by atoms with van der Waals surface area (Å²) in [4.78, 5) is 12.6. The van der Waals surface area contributed by atoms with Crippen molar-refractivity contribution in [1.82, 2.24) is 10.6 Å². The number of morpholine rings is 1. The van der Waals surface area contributed by atoms with E-state index in [0.29, 0.717) is 26.1 Å². The normalized spacial score (nSPS) is 27.4. The first kappa shape index (κ1) is 18.2. The number of carbonyl (C=O) groups is 1. The van der Waals surface area contributed by atoms with Gasteiger partial charge in [-0.1, -0.05) is 48.5 Å². The number of amides is 1. The van der Waals surface area contributed by atoms with Crippen LogP contribution in [0.5, 0.6) is 0 Å². The number of ether oxygens (including phenoxy) is 2. The summed E-state index contributed by atoms with van der Waals surface area (Å²) in [7, 11) is 0. The first-order chi connectivity index (χ1) is 14.2. The number of piperidine rings is 1. The fourth-order valence-corrected chi connectivity index (χ4v) is 4.99. The van der Waals surface area contributed by atoms with Crippen LogP contribution < -0.4 is 10.6 Å². The average molecular weight is 389 g/mol. The molecule has 0 spiro atoms. The highest BCUT2D eigenvalue weighted by molar-refractivity contribution is 5.79. The number of nitrogens with zero attached hydrogens (tertiary/aromatic N) is 1. The lowest BCUT2D eigenvalue weighted by Gasteiger charge is -2.44. The van der Waals surface area contributed by atoms with E-state index in [9.17, 15) is 10.1 Å². The Morgan fingerprint density at radius 2 is 1.69 bits per heavy atom. The van der Waals surface area contributed by atoms with Crippen LogP contribution in [0.4, 0.5) is 4.79 Å². The van der Waals surface area contributed by atoms with Crippen molar-refractivity contribution in [2.75, 3.05) is 19.8 Å². The van der Waals surface area contributed by atoms with Crippen LogP contribution in [0.2, 0.25) is 0 Å². The van der Waals surface area contributed by atoms with E-state index in [1.807, 2.05) is 24.3 Å². The molecular formula is C23H23N3O3. The minimum absolute atomic E-state index is 0.00647. The molecule has 29 heavy (non-hydrogen) atoms. The van der Waals surface area contributed by atoms with E-state index in [0.717, 1.165) is 0 Å². The highest BCUT2D eigenvalue weighted by atomic mass is 16.5. The van der Waals surface area contributed by atoms with Crippen LogP contribution in [-0.4, -0.2) is 43.5 Å². The molecule has 1 amide bonds. The van der Waals surface area contributed by atoms with Gasteiger partial charge in [0.05, 0.1) is 19.3 Å². The molecular weight excluding hydrogens is 366 g/mol. The van der Waals surface area contributed by atoms with Gasteiger partial charge in [0.15, 0.2) is 0 Å². The van der Waals surface area contributed by atoms with Gasteiger partial charge in [-0.2, -0.15) is 5.26 Å². The predicted octanol–water partition coefficient (Wildman–Crippen LogP) is 2.94. The van der Waals surface area contributed by atoms with Gasteiger partial charge in [0, 0.05) is 30.8 Å². The molecule has 2 aromatic rings. The molecule has 2 heterocycles. The largest absolute Gasteiger partial charge is 0.449 e. The monoisotopic (exact) mass is 389 g/mol. The molecule has 0 aromatic heterocycles. The van der Waals surface area contributed by atoms with Crippen LogP contribution in [0, 0.1) is 11.3 Å². The van der Waals surface area contributed by atoms with Crippen LogP contribution in [0.3, 0.4) is 0 Å². The number of alkyl carbamates (subject to hydrolysis) is 1. The molecule has 2 bridgehead atoms. The zero-order valence-corrected chi connectivity index (χ0v) is 16.1. The van der Waals surface area contributed by atoms with Crippen molar-refractivity contribution < 1.29 is 14.3 Å². The van der Waals surface area contributed by atoms with Gasteiger partial charge in [-0.15, -0.1) is 0 Å². The summed E-state index contributed by atoms with van der Waals surface area (Å²) < 4.78 is 11.2. The third-order valence-electron chi connectivity index (χ3n) is 6.20. The second kappa shape index (κ2) is 7.18. The number of nitriles is 1. The lowest BCUT2D eigenvalue weighted by molar-refractivity contribution is 0.00372. The SMILES string of the molecule is N#CC1(NC(=O)OCC2c3ccccc3-c3ccccc32)CC2COCC(C1)N2. The summed E-state index contributed by atoms with van der Waals surface area (Å²) in [6.45, 7) is 1.37. The molecule has 2 saturated heterocycles. The Morgan fingerprint density at radius 1 is 1.10 bits per heavy atom. The molecule has 2 fully saturated rings. The minimum Gasteiger partial charge on any atom is -0.449 e. The summed E-state index contributed by atoms with van der Waals surface area (Å²) in [5.41, 5.74) is 3.82. The number of rotatable bonds is 3. The van der Waals surface area contributed by atoms with Gasteiger partial charge >= 0.3 is 6.09 Å². The summed E-state index contributed by atoms with van der Waals surface area (Å²) in [6, 6.07) is 19.0. The zero-order valence-electron chi connectivity index (χ0n) is 16.1. The molecule has 1 aliphatic carbocycles. The number of fused-ring (bicyclic) bond motifs is 5. The Labute approximate surface area is 169 Å². The van der Waals surface area contributed by atoms with Crippen LogP contribution >= 0.6 is 0 Å². The second-order valence-corrected chi connectivity index (χ2v) is 8.15. The summed E-state index contributed by atoms with van der Waals surface area (Å²) in [5, 5.41) is 16.1. The highest BCUT2D eigenvalue weighted by Gasteiger charge is 2.44. The van der Waals surface area contributed by atoms with E-state index < -0.39 is 11.6 Å². The van der Waals surface area contributed by atoms with Crippen LogP contribution in [0.1, 0.15) is 29.9 Å². The molecule has 0 saturated carbocycles. The van der Waals surface area contributed by atoms with Crippen LogP contribution in [0.25, 0.3) is 11.1 Å². The topological polar surface area (TPSA) is 83.4 Å². The summed E-state index contributed by atoms with van der Waals surface area (Å²) >= 11 is 0. The molecule has 2 N–H and O–H groups in total. The van der Waals surface area contributed by atoms with Crippen LogP contribution in [0.15, 0.2) is 48.5 Å². The Morgan fingerprint density at radius 3 is 2.28 bits per heavy atom. The maximum Gasteiger partial charge on any atom is 0.408 e. The van der Waals surface area contributed by atoms with Crippen LogP contribution in [-0.2, 0) is 9.47 Å². The fraction of sp³-hybridized carbons (Fsp3) is 0.391. The van der Waals surface area contributed by atoms with Crippen molar-refractivity contribution in [3.05, 3.63) is 59.7 Å². The molecule has 2 aromatic carbocycles. The molecule has 0 radical (unpaired) electrons. The smallest absolute Gasteiger partial charge is 0.408 e. The summed E-state index contributed by atoms with van der Waals surface area (Å²) in [6.07, 6.45) is 0.503. The van der Waals surface area contributed by atoms with Crippen molar-refractivity contribution in [2.45, 2.75) is 36.4 Å². The molecule has 3 aliphatic rings. The summed E-state index contributed by atoms with van der Waals surface area (Å²) in [5.74, 6) is 0.00647. The van der Waals surface area contributed by atoms with Crippen molar-refractivity contribution >= 4 is 6.09 Å². The highest BCUT2D eigenvalue weighted by Crippen LogP contribution is 2.44. The molecule has 2 unspecified atom stereocenters. The third kappa shape index (κ3) is 3.27. The van der Waals surface area contributed by atoms with E-state index in [2.05, 4.69) is 41.0 Å². The molecule has 2 aliphatic heterocycles. The predicted molar refractivity (Wildman–Crippen MR) is 107 cm³/mol. The molecule has 6 heteroatoms. The van der Waals surface area contributed by atoms with E-state index in [-0.39, 0.29) is 24.6 Å². The van der Waals surface area contributed by atoms with Crippen molar-refractivity contribution in [3.8, 4) is 17.2 Å². The van der Waals surface area contributed by atoms with Gasteiger partial charge in [-0.05, 0) is 22.3 Å². The Hall–Kier alpha value is -2.88. The third-order valence-corrected chi connectivity index (χ3v) is 6.20. The van der Waals surface area contributed by atoms with E-state index in [1.165, 1.54) is 22.3 Å². The molecule has 148 valence electrons. The quantitative estimate of drug-likeness (QED) is 0.843. The van der Waals surface area contributed by atoms with E-state index in [4.69, 9.17) is 9.47 Å². The lowest BCUT2D eigenvalue weighted by Crippen LogP contribution is -2.64. The first-order valence-electron chi connectivity index (χ1n) is 10.1. The van der Waals surface area contributed by atoms with Crippen molar-refractivity contribution in [3.63, 3.8) is 0 Å². The van der Waals surface area contributed by atoms with Gasteiger partial charge in [-0.25, -0.2) is 4.79 Å².